The van der Waals surface area contributed by atoms with E-state index in [4.69, 9.17) is 0 Å². The molecule has 0 saturated carbocycles. The molecule has 28 heavy (non-hydrogen) atoms. The van der Waals surface area contributed by atoms with E-state index in [2.05, 4.69) is 0 Å². The van der Waals surface area contributed by atoms with Gasteiger partial charge in [0.15, 0.2) is 15.1 Å². The molecular formula is C20H23NO6S. The number of aliphatic carboxylic acids is 1. The second-order valence-electron chi connectivity index (χ2n) is 6.71. The van der Waals surface area contributed by atoms with E-state index in [1.54, 1.807) is 24.3 Å². The molecule has 0 bridgehead atoms. The molecule has 2 rings (SSSR count). The minimum absolute atomic E-state index is 0.0244. The van der Waals surface area contributed by atoms with Gasteiger partial charge in [0.1, 0.15) is 0 Å². The molecule has 0 amide bonds. The van der Waals surface area contributed by atoms with Gasteiger partial charge in [0, 0.05) is 12.1 Å². The summed E-state index contributed by atoms with van der Waals surface area (Å²) in [4.78, 5) is 21.7. The fourth-order valence-electron chi connectivity index (χ4n) is 2.92. The molecule has 0 spiro atoms. The molecule has 150 valence electrons. The maximum absolute atomic E-state index is 12.6. The number of carbonyl (C=O) groups is 1. The number of aryl methyl sites for hydroxylation is 2. The van der Waals surface area contributed by atoms with Crippen LogP contribution in [-0.4, -0.2) is 29.7 Å². The lowest BCUT2D eigenvalue weighted by molar-refractivity contribution is -0.384. The van der Waals surface area contributed by atoms with Crippen molar-refractivity contribution < 1.29 is 23.2 Å². The number of unbranched alkanes of at least 4 members (excludes halogenated alkanes) is 2. The van der Waals surface area contributed by atoms with Crippen LogP contribution < -0.4 is 0 Å². The monoisotopic (exact) mass is 405 g/mol. The predicted molar refractivity (Wildman–Crippen MR) is 105 cm³/mol. The summed E-state index contributed by atoms with van der Waals surface area (Å²) in [7, 11) is -3.93. The Kier molecular flexibility index (Phi) is 7.28. The minimum atomic E-state index is -3.93. The molecule has 0 radical (unpaired) electrons. The first-order chi connectivity index (χ1) is 13.2. The fraction of sp³-hybridized carbons (Fsp3) is 0.350. The Balaban J connectivity index is 1.89. The van der Waals surface area contributed by atoms with Crippen molar-refractivity contribution in [2.24, 2.45) is 0 Å². The Bertz CT molecular complexity index is 920. The number of nitrogens with zero attached hydrogens (tertiary/aromatic N) is 1. The van der Waals surface area contributed by atoms with Crippen LogP contribution in [0, 0.1) is 17.0 Å². The van der Waals surface area contributed by atoms with Crippen molar-refractivity contribution in [3.63, 3.8) is 0 Å². The molecule has 0 aliphatic carbocycles. The first-order valence-electron chi connectivity index (χ1n) is 8.98. The van der Waals surface area contributed by atoms with Gasteiger partial charge in [-0.1, -0.05) is 42.7 Å². The molecule has 1 unspecified atom stereocenters. The van der Waals surface area contributed by atoms with Gasteiger partial charge in [-0.3, -0.25) is 14.9 Å². The molecule has 0 heterocycles. The van der Waals surface area contributed by atoms with Crippen LogP contribution >= 0.6 is 0 Å². The quantitative estimate of drug-likeness (QED) is 0.364. The van der Waals surface area contributed by atoms with Crippen molar-refractivity contribution in [2.75, 3.05) is 0 Å². The van der Waals surface area contributed by atoms with Crippen molar-refractivity contribution in [2.45, 2.75) is 49.2 Å². The van der Waals surface area contributed by atoms with Crippen LogP contribution in [-0.2, 0) is 21.1 Å². The van der Waals surface area contributed by atoms with E-state index in [1.807, 2.05) is 6.92 Å². The molecule has 8 heteroatoms. The number of nitro benzene ring substituents is 1. The third-order valence-corrected chi connectivity index (χ3v) is 6.69. The molecule has 0 fully saturated rings. The number of sulfone groups is 1. The summed E-state index contributed by atoms with van der Waals surface area (Å²) in [5.41, 5.74) is 1.89. The smallest absolute Gasteiger partial charge is 0.322 e. The summed E-state index contributed by atoms with van der Waals surface area (Å²) in [5.74, 6) is -1.34. The summed E-state index contributed by atoms with van der Waals surface area (Å²) in [6.45, 7) is 1.83. The molecule has 1 atom stereocenters. The number of benzene rings is 2. The van der Waals surface area contributed by atoms with E-state index in [0.717, 1.165) is 17.5 Å². The maximum Gasteiger partial charge on any atom is 0.322 e. The average Bonchev–Trinajstić information content (AvgIpc) is 2.64. The van der Waals surface area contributed by atoms with Gasteiger partial charge in [-0.05, 0) is 43.9 Å². The lowest BCUT2D eigenvalue weighted by Gasteiger charge is -2.14. The Morgan fingerprint density at radius 2 is 1.64 bits per heavy atom. The van der Waals surface area contributed by atoms with Crippen LogP contribution in [0.2, 0.25) is 0 Å². The number of rotatable bonds is 10. The van der Waals surface area contributed by atoms with Crippen LogP contribution in [0.25, 0.3) is 0 Å². The highest BCUT2D eigenvalue weighted by Gasteiger charge is 2.33. The zero-order chi connectivity index (χ0) is 20.7. The maximum atomic E-state index is 12.6. The first-order valence-corrected chi connectivity index (χ1v) is 10.5. The van der Waals surface area contributed by atoms with Gasteiger partial charge in [0.2, 0.25) is 0 Å². The Morgan fingerprint density at radius 3 is 2.18 bits per heavy atom. The van der Waals surface area contributed by atoms with Crippen molar-refractivity contribution >= 4 is 21.5 Å². The summed E-state index contributed by atoms with van der Waals surface area (Å²) in [6.07, 6.45) is 2.63. The molecular weight excluding hydrogens is 382 g/mol. The van der Waals surface area contributed by atoms with Crippen molar-refractivity contribution in [1.82, 2.24) is 0 Å². The van der Waals surface area contributed by atoms with Crippen molar-refractivity contribution in [3.8, 4) is 0 Å². The molecule has 0 aromatic heterocycles. The summed E-state index contributed by atoms with van der Waals surface area (Å²) in [5, 5.41) is 18.6. The normalized spacial score (nSPS) is 12.5. The number of carboxylic acids is 1. The predicted octanol–water partition coefficient (Wildman–Crippen LogP) is 3.93. The van der Waals surface area contributed by atoms with Gasteiger partial charge < -0.3 is 5.11 Å². The van der Waals surface area contributed by atoms with E-state index in [0.29, 0.717) is 19.3 Å². The van der Waals surface area contributed by atoms with Crippen LogP contribution in [0.4, 0.5) is 5.69 Å². The fourth-order valence-corrected chi connectivity index (χ4v) is 4.51. The van der Waals surface area contributed by atoms with Crippen molar-refractivity contribution in [1.29, 1.82) is 0 Å². The highest BCUT2D eigenvalue weighted by atomic mass is 32.2. The standard InChI is InChI=1S/C20H23NO6S/c1-15-7-13-18(14-8-15)28(26,27)19(20(22)23)6-4-2-3-5-16-9-11-17(12-10-16)21(24)25/h7-14,19H,2-6H2,1H3,(H,22,23). The van der Waals surface area contributed by atoms with Crippen LogP contribution in [0.1, 0.15) is 36.8 Å². The lowest BCUT2D eigenvalue weighted by Crippen LogP contribution is -2.30. The van der Waals surface area contributed by atoms with E-state index in [1.165, 1.54) is 24.3 Å². The zero-order valence-corrected chi connectivity index (χ0v) is 16.4. The lowest BCUT2D eigenvalue weighted by atomic mass is 10.1. The minimum Gasteiger partial charge on any atom is -0.480 e. The van der Waals surface area contributed by atoms with Gasteiger partial charge in [-0.25, -0.2) is 8.42 Å². The van der Waals surface area contributed by atoms with Gasteiger partial charge in [0.25, 0.3) is 5.69 Å². The number of hydrogen-bond donors (Lipinski definition) is 1. The third kappa shape index (κ3) is 5.63. The summed E-state index contributed by atoms with van der Waals surface area (Å²) < 4.78 is 25.2. The van der Waals surface area contributed by atoms with Gasteiger partial charge in [-0.2, -0.15) is 0 Å². The summed E-state index contributed by atoms with van der Waals surface area (Å²) in [6, 6.07) is 12.5. The topological polar surface area (TPSA) is 115 Å². The van der Waals surface area contributed by atoms with Gasteiger partial charge >= 0.3 is 5.97 Å². The molecule has 0 saturated heterocycles. The summed E-state index contributed by atoms with van der Waals surface area (Å²) >= 11 is 0. The van der Waals surface area contributed by atoms with Gasteiger partial charge in [-0.15, -0.1) is 0 Å². The van der Waals surface area contributed by atoms with E-state index >= 15 is 0 Å². The Labute approximate surface area is 164 Å². The van der Waals surface area contributed by atoms with Crippen LogP contribution in [0.3, 0.4) is 0 Å². The molecule has 2 aromatic rings. The Morgan fingerprint density at radius 1 is 1.04 bits per heavy atom. The first kappa shape index (κ1) is 21.6. The van der Waals surface area contributed by atoms with Crippen LogP contribution in [0.5, 0.6) is 0 Å². The largest absolute Gasteiger partial charge is 0.480 e. The highest BCUT2D eigenvalue weighted by Crippen LogP contribution is 2.22. The molecule has 7 nitrogen and oxygen atoms in total. The number of carboxylic acid groups (broad SMARTS) is 1. The van der Waals surface area contributed by atoms with Crippen LogP contribution in [0.15, 0.2) is 53.4 Å². The highest BCUT2D eigenvalue weighted by molar-refractivity contribution is 7.92. The van der Waals surface area contributed by atoms with E-state index in [9.17, 15) is 28.4 Å². The molecule has 0 aliphatic heterocycles. The SMILES string of the molecule is Cc1ccc(S(=O)(=O)C(CCCCCc2ccc([N+](=O)[O-])cc2)C(=O)O)cc1. The molecule has 1 N–H and O–H groups in total. The van der Waals surface area contributed by atoms with Gasteiger partial charge in [0.05, 0.1) is 9.82 Å². The molecule has 2 aromatic carbocycles. The molecule has 0 aliphatic rings. The number of nitro groups is 1. The average molecular weight is 405 g/mol. The Hall–Kier alpha value is -2.74. The van der Waals surface area contributed by atoms with E-state index < -0.39 is 26.0 Å². The number of non-ortho nitro benzene ring substituents is 1. The second kappa shape index (κ2) is 9.45. The zero-order valence-electron chi connectivity index (χ0n) is 15.6. The number of hydrogen-bond acceptors (Lipinski definition) is 5. The second-order valence-corrected chi connectivity index (χ2v) is 8.84. The third-order valence-electron chi connectivity index (χ3n) is 4.58. The van der Waals surface area contributed by atoms with Crippen molar-refractivity contribution in [3.05, 3.63) is 69.8 Å². The van der Waals surface area contributed by atoms with E-state index in [-0.39, 0.29) is 17.0 Å².